The van der Waals surface area contributed by atoms with E-state index in [4.69, 9.17) is 4.74 Å². The Morgan fingerprint density at radius 1 is 1.62 bits per heavy atom. The highest BCUT2D eigenvalue weighted by atomic mass is 79.9. The van der Waals surface area contributed by atoms with Gasteiger partial charge in [0.05, 0.1) is 12.3 Å². The summed E-state index contributed by atoms with van der Waals surface area (Å²) in [5.41, 5.74) is 1.46. The summed E-state index contributed by atoms with van der Waals surface area (Å²) in [6.07, 6.45) is 1.51. The lowest BCUT2D eigenvalue weighted by atomic mass is 10.2. The van der Waals surface area contributed by atoms with E-state index in [1.165, 1.54) is 6.08 Å². The monoisotopic (exact) mass is 241 g/mol. The van der Waals surface area contributed by atoms with Crippen LogP contribution in [0.2, 0.25) is 0 Å². The van der Waals surface area contributed by atoms with Crippen LogP contribution in [-0.4, -0.2) is 13.2 Å². The van der Waals surface area contributed by atoms with E-state index in [1.54, 1.807) is 13.2 Å². The molecule has 0 spiro atoms. The minimum Gasteiger partial charge on any atom is -0.380 e. The Morgan fingerprint density at radius 3 is 3.00 bits per heavy atom. The molecule has 1 aromatic carbocycles. The summed E-state index contributed by atoms with van der Waals surface area (Å²) in [4.78, 5) is 13.7. The van der Waals surface area contributed by atoms with Crippen LogP contribution in [0, 0.1) is 0 Å². The standard InChI is InChI=1S/C9H8BrNO2/c1-13-5-7-2-3-8(10)4-9(7)11-6-12/h2-4H,5H2,1H3. The molecule has 4 heteroatoms. The number of rotatable bonds is 3. The first kappa shape index (κ1) is 10.1. The van der Waals surface area contributed by atoms with Crippen LogP contribution in [0.3, 0.4) is 0 Å². The lowest BCUT2D eigenvalue weighted by Gasteiger charge is -2.02. The fourth-order valence-electron chi connectivity index (χ4n) is 0.968. The van der Waals surface area contributed by atoms with E-state index in [2.05, 4.69) is 20.9 Å². The lowest BCUT2D eigenvalue weighted by molar-refractivity contribution is 0.185. The molecular weight excluding hydrogens is 234 g/mol. The summed E-state index contributed by atoms with van der Waals surface area (Å²) in [6, 6.07) is 5.47. The summed E-state index contributed by atoms with van der Waals surface area (Å²) in [6.45, 7) is 0.438. The molecule has 0 aliphatic heterocycles. The van der Waals surface area contributed by atoms with Gasteiger partial charge in [0.2, 0.25) is 6.08 Å². The third kappa shape index (κ3) is 2.77. The molecule has 0 radical (unpaired) electrons. The largest absolute Gasteiger partial charge is 0.380 e. The molecule has 1 aromatic rings. The maximum Gasteiger partial charge on any atom is 0.240 e. The Morgan fingerprint density at radius 2 is 2.38 bits per heavy atom. The van der Waals surface area contributed by atoms with Gasteiger partial charge < -0.3 is 4.74 Å². The van der Waals surface area contributed by atoms with Gasteiger partial charge in [0, 0.05) is 17.1 Å². The molecule has 3 nitrogen and oxygen atoms in total. The lowest BCUT2D eigenvalue weighted by Crippen LogP contribution is -1.87. The summed E-state index contributed by atoms with van der Waals surface area (Å²) in [7, 11) is 1.59. The van der Waals surface area contributed by atoms with Gasteiger partial charge >= 0.3 is 0 Å². The third-order valence-corrected chi connectivity index (χ3v) is 2.01. The number of benzene rings is 1. The predicted octanol–water partition coefficient (Wildman–Crippen LogP) is 2.56. The zero-order valence-corrected chi connectivity index (χ0v) is 8.67. The van der Waals surface area contributed by atoms with Gasteiger partial charge in [-0.1, -0.05) is 22.0 Å². The van der Waals surface area contributed by atoms with E-state index in [0.717, 1.165) is 10.0 Å². The summed E-state index contributed by atoms with van der Waals surface area (Å²) >= 11 is 3.29. The molecule has 0 heterocycles. The van der Waals surface area contributed by atoms with Crippen molar-refractivity contribution in [3.05, 3.63) is 28.2 Å². The first-order valence-corrected chi connectivity index (χ1v) is 4.42. The molecule has 0 unspecified atom stereocenters. The molecule has 0 bridgehead atoms. The number of nitrogens with zero attached hydrogens (tertiary/aromatic N) is 1. The average molecular weight is 242 g/mol. The van der Waals surface area contributed by atoms with Gasteiger partial charge in [-0.25, -0.2) is 4.79 Å². The number of halogens is 1. The Kier molecular flexibility index (Phi) is 3.83. The van der Waals surface area contributed by atoms with Crippen LogP contribution in [-0.2, 0) is 16.1 Å². The maximum absolute atomic E-state index is 10.1. The Bertz CT molecular complexity index is 345. The smallest absolute Gasteiger partial charge is 0.240 e. The minimum absolute atomic E-state index is 0.438. The van der Waals surface area contributed by atoms with Crippen molar-refractivity contribution in [3.8, 4) is 0 Å². The topological polar surface area (TPSA) is 38.7 Å². The first-order chi connectivity index (χ1) is 6.27. The number of ether oxygens (including phenoxy) is 1. The predicted molar refractivity (Wildman–Crippen MR) is 52.6 cm³/mol. The van der Waals surface area contributed by atoms with Gasteiger partial charge in [0.1, 0.15) is 0 Å². The van der Waals surface area contributed by atoms with Crippen LogP contribution in [0.1, 0.15) is 5.56 Å². The van der Waals surface area contributed by atoms with Crippen molar-refractivity contribution in [2.75, 3.05) is 7.11 Å². The fraction of sp³-hybridized carbons (Fsp3) is 0.222. The van der Waals surface area contributed by atoms with Gasteiger partial charge in [0.25, 0.3) is 0 Å². The molecule has 13 heavy (non-hydrogen) atoms. The molecule has 0 saturated carbocycles. The number of hydrogen-bond acceptors (Lipinski definition) is 3. The second-order valence-corrected chi connectivity index (χ2v) is 3.32. The van der Waals surface area contributed by atoms with E-state index < -0.39 is 0 Å². The van der Waals surface area contributed by atoms with Crippen LogP contribution in [0.15, 0.2) is 27.7 Å². The van der Waals surface area contributed by atoms with Crippen LogP contribution in [0.25, 0.3) is 0 Å². The van der Waals surface area contributed by atoms with E-state index in [-0.39, 0.29) is 0 Å². The number of methoxy groups -OCH3 is 1. The summed E-state index contributed by atoms with van der Waals surface area (Å²) in [5, 5.41) is 0. The summed E-state index contributed by atoms with van der Waals surface area (Å²) in [5.74, 6) is 0. The molecule has 0 N–H and O–H groups in total. The van der Waals surface area contributed by atoms with Crippen molar-refractivity contribution in [2.45, 2.75) is 6.61 Å². The van der Waals surface area contributed by atoms with Crippen molar-refractivity contribution < 1.29 is 9.53 Å². The summed E-state index contributed by atoms with van der Waals surface area (Å²) < 4.78 is 5.83. The highest BCUT2D eigenvalue weighted by molar-refractivity contribution is 9.10. The van der Waals surface area contributed by atoms with Crippen LogP contribution < -0.4 is 0 Å². The molecule has 0 aliphatic rings. The molecular formula is C9H8BrNO2. The average Bonchev–Trinajstić information content (AvgIpc) is 2.10. The van der Waals surface area contributed by atoms with Gasteiger partial charge in [-0.3, -0.25) is 0 Å². The van der Waals surface area contributed by atoms with Crippen molar-refractivity contribution in [1.82, 2.24) is 0 Å². The van der Waals surface area contributed by atoms with E-state index >= 15 is 0 Å². The number of carbonyl (C=O) groups excluding carboxylic acids is 1. The van der Waals surface area contributed by atoms with Gasteiger partial charge in [0.15, 0.2) is 0 Å². The highest BCUT2D eigenvalue weighted by Crippen LogP contribution is 2.24. The Hall–Kier alpha value is -0.960. The molecule has 0 atom stereocenters. The SMILES string of the molecule is COCc1ccc(Br)cc1N=C=O. The number of hydrogen-bond donors (Lipinski definition) is 0. The quantitative estimate of drug-likeness (QED) is 0.603. The molecule has 0 fully saturated rings. The van der Waals surface area contributed by atoms with E-state index in [0.29, 0.717) is 12.3 Å². The Balaban J connectivity index is 3.10. The van der Waals surface area contributed by atoms with Crippen molar-refractivity contribution in [3.63, 3.8) is 0 Å². The normalized spacial score (nSPS) is 9.38. The number of isocyanates is 1. The van der Waals surface area contributed by atoms with E-state index in [1.807, 2.05) is 12.1 Å². The second-order valence-electron chi connectivity index (χ2n) is 2.41. The van der Waals surface area contributed by atoms with Gasteiger partial charge in [-0.2, -0.15) is 4.99 Å². The van der Waals surface area contributed by atoms with Gasteiger partial charge in [-0.15, -0.1) is 0 Å². The molecule has 0 saturated heterocycles. The van der Waals surface area contributed by atoms with E-state index in [9.17, 15) is 4.79 Å². The minimum atomic E-state index is 0.438. The van der Waals surface area contributed by atoms with Crippen molar-refractivity contribution in [2.24, 2.45) is 4.99 Å². The third-order valence-electron chi connectivity index (χ3n) is 1.51. The zero-order valence-electron chi connectivity index (χ0n) is 7.08. The maximum atomic E-state index is 10.1. The molecule has 68 valence electrons. The Labute approximate surface area is 84.6 Å². The molecule has 0 aliphatic carbocycles. The van der Waals surface area contributed by atoms with Crippen LogP contribution >= 0.6 is 15.9 Å². The van der Waals surface area contributed by atoms with Crippen LogP contribution in [0.4, 0.5) is 5.69 Å². The second kappa shape index (κ2) is 4.92. The highest BCUT2D eigenvalue weighted by Gasteiger charge is 2.01. The number of aliphatic imine (C=N–C) groups is 1. The van der Waals surface area contributed by atoms with Crippen molar-refractivity contribution >= 4 is 27.7 Å². The van der Waals surface area contributed by atoms with Crippen LogP contribution in [0.5, 0.6) is 0 Å². The van der Waals surface area contributed by atoms with Gasteiger partial charge in [-0.05, 0) is 12.1 Å². The molecule has 1 rings (SSSR count). The molecule has 0 amide bonds. The fourth-order valence-corrected chi connectivity index (χ4v) is 1.32. The van der Waals surface area contributed by atoms with Crippen molar-refractivity contribution in [1.29, 1.82) is 0 Å². The first-order valence-electron chi connectivity index (χ1n) is 3.63. The zero-order chi connectivity index (χ0) is 9.68. The molecule has 0 aromatic heterocycles.